The van der Waals surface area contributed by atoms with E-state index < -0.39 is 0 Å². The molecule has 2 N–H and O–H groups in total. The van der Waals surface area contributed by atoms with Crippen LogP contribution in [0.2, 0.25) is 0 Å². The Kier molecular flexibility index (Phi) is 6.23. The zero-order chi connectivity index (χ0) is 17.5. The number of nitrogens with one attached hydrogen (secondary N) is 2. The van der Waals surface area contributed by atoms with E-state index in [1.165, 1.54) is 18.5 Å². The molecular formula is C20H29N5. The van der Waals surface area contributed by atoms with Crippen LogP contribution in [-0.2, 0) is 0 Å². The second-order valence-corrected chi connectivity index (χ2v) is 6.74. The number of aromatic nitrogens is 2. The zero-order valence-corrected chi connectivity index (χ0v) is 15.3. The molecule has 0 bridgehead atoms. The van der Waals surface area contributed by atoms with Gasteiger partial charge in [0.25, 0.3) is 0 Å². The molecule has 1 aliphatic rings. The van der Waals surface area contributed by atoms with E-state index in [-0.39, 0.29) is 0 Å². The lowest BCUT2D eigenvalue weighted by molar-refractivity contribution is 0.589. The van der Waals surface area contributed by atoms with E-state index >= 15 is 0 Å². The van der Waals surface area contributed by atoms with Crippen molar-refractivity contribution in [1.29, 1.82) is 0 Å². The molecule has 1 saturated heterocycles. The van der Waals surface area contributed by atoms with Gasteiger partial charge in [0.2, 0.25) is 5.95 Å². The highest BCUT2D eigenvalue weighted by Crippen LogP contribution is 2.22. The van der Waals surface area contributed by atoms with Gasteiger partial charge < -0.3 is 15.5 Å². The lowest BCUT2D eigenvalue weighted by Gasteiger charge is -2.29. The number of piperazine rings is 1. The van der Waals surface area contributed by atoms with Crippen LogP contribution in [-0.4, -0.2) is 42.2 Å². The molecule has 134 valence electrons. The van der Waals surface area contributed by atoms with Gasteiger partial charge in [-0.05, 0) is 31.5 Å². The average molecular weight is 339 g/mol. The molecule has 25 heavy (non-hydrogen) atoms. The molecule has 0 radical (unpaired) electrons. The quantitative estimate of drug-likeness (QED) is 0.808. The fourth-order valence-electron chi connectivity index (χ4n) is 3.16. The Bertz CT molecular complexity index is 649. The predicted octanol–water partition coefficient (Wildman–Crippen LogP) is 3.54. The molecular weight excluding hydrogens is 310 g/mol. The first-order valence-electron chi connectivity index (χ1n) is 9.42. The maximum Gasteiger partial charge on any atom is 0.223 e. The van der Waals surface area contributed by atoms with Crippen molar-refractivity contribution in [3.8, 4) is 11.3 Å². The summed E-state index contributed by atoms with van der Waals surface area (Å²) in [6, 6.07) is 11.1. The highest BCUT2D eigenvalue weighted by atomic mass is 15.2. The molecule has 1 aromatic heterocycles. The van der Waals surface area contributed by atoms with Crippen molar-refractivity contribution in [1.82, 2.24) is 15.3 Å². The van der Waals surface area contributed by atoms with Crippen molar-refractivity contribution >= 4 is 11.6 Å². The summed E-state index contributed by atoms with van der Waals surface area (Å²) >= 11 is 0. The molecule has 1 fully saturated rings. The van der Waals surface area contributed by atoms with Gasteiger partial charge in [-0.1, -0.05) is 31.9 Å². The SMILES string of the molecule is CCCCC(C)Nc1nccc(-c2ccc(N3CCNCC3)cc2)n1. The number of benzene rings is 1. The van der Waals surface area contributed by atoms with E-state index in [0.29, 0.717) is 12.0 Å². The summed E-state index contributed by atoms with van der Waals surface area (Å²) in [6.07, 6.45) is 5.42. The molecule has 1 aliphatic heterocycles. The number of rotatable bonds is 7. The van der Waals surface area contributed by atoms with Crippen molar-refractivity contribution in [3.05, 3.63) is 36.5 Å². The van der Waals surface area contributed by atoms with E-state index in [1.807, 2.05) is 12.3 Å². The highest BCUT2D eigenvalue weighted by molar-refractivity contribution is 5.64. The first-order chi connectivity index (χ1) is 12.3. The van der Waals surface area contributed by atoms with E-state index in [9.17, 15) is 0 Å². The minimum absolute atomic E-state index is 0.394. The fourth-order valence-corrected chi connectivity index (χ4v) is 3.16. The van der Waals surface area contributed by atoms with Gasteiger partial charge in [-0.3, -0.25) is 0 Å². The largest absolute Gasteiger partial charge is 0.369 e. The van der Waals surface area contributed by atoms with Crippen molar-refractivity contribution in [2.75, 3.05) is 36.4 Å². The van der Waals surface area contributed by atoms with Crippen LogP contribution in [0.25, 0.3) is 11.3 Å². The van der Waals surface area contributed by atoms with Crippen LogP contribution in [0.3, 0.4) is 0 Å². The van der Waals surface area contributed by atoms with Gasteiger partial charge in [0, 0.05) is 49.7 Å². The lowest BCUT2D eigenvalue weighted by Crippen LogP contribution is -2.43. The Labute approximate surface area is 150 Å². The molecule has 2 heterocycles. The Morgan fingerprint density at radius 2 is 1.92 bits per heavy atom. The van der Waals surface area contributed by atoms with Crippen molar-refractivity contribution in [2.45, 2.75) is 39.2 Å². The molecule has 0 saturated carbocycles. The van der Waals surface area contributed by atoms with E-state index in [4.69, 9.17) is 0 Å². The van der Waals surface area contributed by atoms with E-state index in [1.54, 1.807) is 0 Å². The van der Waals surface area contributed by atoms with Crippen LogP contribution in [0.4, 0.5) is 11.6 Å². The van der Waals surface area contributed by atoms with Crippen LogP contribution in [0.1, 0.15) is 33.1 Å². The highest BCUT2D eigenvalue weighted by Gasteiger charge is 2.11. The third-order valence-electron chi connectivity index (χ3n) is 4.67. The molecule has 0 spiro atoms. The molecule has 1 aromatic carbocycles. The molecule has 1 unspecified atom stereocenters. The summed E-state index contributed by atoms with van der Waals surface area (Å²) in [7, 11) is 0. The Balaban J connectivity index is 1.67. The van der Waals surface area contributed by atoms with Gasteiger partial charge in [-0.25, -0.2) is 9.97 Å². The van der Waals surface area contributed by atoms with E-state index in [2.05, 4.69) is 63.6 Å². The summed E-state index contributed by atoms with van der Waals surface area (Å²) in [6.45, 7) is 8.65. The Morgan fingerprint density at radius 3 is 2.64 bits per heavy atom. The maximum absolute atomic E-state index is 4.69. The maximum atomic E-state index is 4.69. The standard InChI is InChI=1S/C20H29N5/c1-3-4-5-16(2)23-20-22-11-10-19(24-20)17-6-8-18(9-7-17)25-14-12-21-13-15-25/h6-11,16,21H,3-5,12-15H2,1-2H3,(H,22,23,24). The molecule has 5 nitrogen and oxygen atoms in total. The second-order valence-electron chi connectivity index (χ2n) is 6.74. The first-order valence-corrected chi connectivity index (χ1v) is 9.42. The first kappa shape index (κ1) is 17.7. The van der Waals surface area contributed by atoms with Gasteiger partial charge in [0.15, 0.2) is 0 Å². The van der Waals surface area contributed by atoms with E-state index in [0.717, 1.165) is 43.9 Å². The molecule has 5 heteroatoms. The summed E-state index contributed by atoms with van der Waals surface area (Å²) in [5, 5.41) is 6.80. The predicted molar refractivity (Wildman–Crippen MR) is 105 cm³/mol. The summed E-state index contributed by atoms with van der Waals surface area (Å²) in [5.41, 5.74) is 3.38. The van der Waals surface area contributed by atoms with Crippen LogP contribution >= 0.6 is 0 Å². The van der Waals surface area contributed by atoms with Crippen LogP contribution in [0, 0.1) is 0 Å². The minimum Gasteiger partial charge on any atom is -0.369 e. The Hall–Kier alpha value is -2.14. The smallest absolute Gasteiger partial charge is 0.223 e. The normalized spacial score (nSPS) is 15.8. The molecule has 2 aromatic rings. The number of nitrogens with zero attached hydrogens (tertiary/aromatic N) is 3. The number of hydrogen-bond acceptors (Lipinski definition) is 5. The fraction of sp³-hybridized carbons (Fsp3) is 0.500. The van der Waals surface area contributed by atoms with Crippen LogP contribution < -0.4 is 15.5 Å². The van der Waals surface area contributed by atoms with Crippen LogP contribution in [0.5, 0.6) is 0 Å². The molecule has 0 amide bonds. The Morgan fingerprint density at radius 1 is 1.16 bits per heavy atom. The summed E-state index contributed by atoms with van der Waals surface area (Å²) in [4.78, 5) is 11.5. The number of hydrogen-bond donors (Lipinski definition) is 2. The molecule has 1 atom stereocenters. The zero-order valence-electron chi connectivity index (χ0n) is 15.3. The number of anilines is 2. The van der Waals surface area contributed by atoms with Gasteiger partial charge in [-0.15, -0.1) is 0 Å². The van der Waals surface area contributed by atoms with Crippen molar-refractivity contribution in [3.63, 3.8) is 0 Å². The lowest BCUT2D eigenvalue weighted by atomic mass is 10.1. The third-order valence-corrected chi connectivity index (χ3v) is 4.67. The summed E-state index contributed by atoms with van der Waals surface area (Å²) in [5.74, 6) is 0.715. The summed E-state index contributed by atoms with van der Waals surface area (Å²) < 4.78 is 0. The minimum atomic E-state index is 0.394. The van der Waals surface area contributed by atoms with Crippen molar-refractivity contribution in [2.24, 2.45) is 0 Å². The van der Waals surface area contributed by atoms with Gasteiger partial charge >= 0.3 is 0 Å². The van der Waals surface area contributed by atoms with Gasteiger partial charge in [0.1, 0.15) is 0 Å². The number of unbranched alkanes of at least 4 members (excludes halogenated alkanes) is 1. The second kappa shape index (κ2) is 8.81. The third kappa shape index (κ3) is 4.92. The van der Waals surface area contributed by atoms with Gasteiger partial charge in [-0.2, -0.15) is 0 Å². The topological polar surface area (TPSA) is 53.1 Å². The monoisotopic (exact) mass is 339 g/mol. The van der Waals surface area contributed by atoms with Gasteiger partial charge in [0.05, 0.1) is 5.69 Å². The van der Waals surface area contributed by atoms with Crippen LogP contribution in [0.15, 0.2) is 36.5 Å². The average Bonchev–Trinajstić information content (AvgIpc) is 2.67. The molecule has 3 rings (SSSR count). The van der Waals surface area contributed by atoms with Crippen molar-refractivity contribution < 1.29 is 0 Å². The molecule has 0 aliphatic carbocycles.